The van der Waals surface area contributed by atoms with Crippen molar-refractivity contribution in [3.63, 3.8) is 0 Å². The monoisotopic (exact) mass is 456 g/mol. The molecule has 0 spiro atoms. The third-order valence-electron chi connectivity index (χ3n) is 6.41. The molecule has 7 nitrogen and oxygen atoms in total. The van der Waals surface area contributed by atoms with Gasteiger partial charge in [-0.25, -0.2) is 8.42 Å². The van der Waals surface area contributed by atoms with Crippen molar-refractivity contribution in [3.05, 3.63) is 53.1 Å². The van der Waals surface area contributed by atoms with Crippen LogP contribution in [0.1, 0.15) is 42.4 Å². The van der Waals surface area contributed by atoms with E-state index >= 15 is 0 Å². The number of sulfonamides is 1. The van der Waals surface area contributed by atoms with Gasteiger partial charge in [-0.3, -0.25) is 19.2 Å². The number of hydrogen-bond donors (Lipinski definition) is 1. The summed E-state index contributed by atoms with van der Waals surface area (Å²) in [5.74, 6) is -0.288. The summed E-state index contributed by atoms with van der Waals surface area (Å²) in [4.78, 5) is 27.0. The van der Waals surface area contributed by atoms with Gasteiger partial charge in [-0.15, -0.1) is 0 Å². The third kappa shape index (κ3) is 4.11. The van der Waals surface area contributed by atoms with Gasteiger partial charge < -0.3 is 4.74 Å². The van der Waals surface area contributed by atoms with E-state index in [1.807, 2.05) is 13.0 Å². The van der Waals surface area contributed by atoms with Crippen molar-refractivity contribution in [1.29, 1.82) is 0 Å². The standard InChI is InChI=1S/C24H28N2O5S/c1-15-8-11-21(31-3)20(12-15)25-32(29,30)22-13-17(10-9-16(22)2)14-26-23(27)18-6-4-5-7-19(18)24(26)28/h8-13,18-19,25H,4-7,14H2,1-3H3. The largest absolute Gasteiger partial charge is 0.495 e. The number of amides is 2. The lowest BCUT2D eigenvalue weighted by Gasteiger charge is -2.19. The van der Waals surface area contributed by atoms with Gasteiger partial charge in [0.2, 0.25) is 11.8 Å². The predicted molar refractivity (Wildman–Crippen MR) is 121 cm³/mol. The first-order chi connectivity index (χ1) is 15.2. The zero-order valence-corrected chi connectivity index (χ0v) is 19.4. The third-order valence-corrected chi connectivity index (χ3v) is 7.92. The van der Waals surface area contributed by atoms with E-state index in [1.54, 1.807) is 37.3 Å². The summed E-state index contributed by atoms with van der Waals surface area (Å²) >= 11 is 0. The lowest BCUT2D eigenvalue weighted by atomic mass is 9.81. The molecule has 2 amide bonds. The van der Waals surface area contributed by atoms with Gasteiger partial charge in [0, 0.05) is 0 Å². The Balaban J connectivity index is 1.61. The van der Waals surface area contributed by atoms with Crippen molar-refractivity contribution in [2.75, 3.05) is 11.8 Å². The van der Waals surface area contributed by atoms with Crippen molar-refractivity contribution < 1.29 is 22.7 Å². The Morgan fingerprint density at radius 1 is 1.00 bits per heavy atom. The number of hydrogen-bond acceptors (Lipinski definition) is 5. The minimum absolute atomic E-state index is 0.0846. The van der Waals surface area contributed by atoms with E-state index in [0.29, 0.717) is 22.6 Å². The smallest absolute Gasteiger partial charge is 0.262 e. The van der Waals surface area contributed by atoms with E-state index in [2.05, 4.69) is 4.72 Å². The van der Waals surface area contributed by atoms with Crippen LogP contribution in [-0.4, -0.2) is 32.2 Å². The molecule has 2 unspecified atom stereocenters. The molecule has 4 rings (SSSR count). The second-order valence-electron chi connectivity index (χ2n) is 8.67. The number of ether oxygens (including phenoxy) is 1. The van der Waals surface area contributed by atoms with Gasteiger partial charge in [0.1, 0.15) is 5.75 Å². The molecule has 0 bridgehead atoms. The number of nitrogens with zero attached hydrogens (tertiary/aromatic N) is 1. The lowest BCUT2D eigenvalue weighted by Crippen LogP contribution is -2.30. The van der Waals surface area contributed by atoms with Crippen molar-refractivity contribution in [2.45, 2.75) is 51.0 Å². The van der Waals surface area contributed by atoms with Crippen LogP contribution in [0.25, 0.3) is 0 Å². The molecular formula is C24H28N2O5S. The minimum Gasteiger partial charge on any atom is -0.495 e. The summed E-state index contributed by atoms with van der Waals surface area (Å²) in [6, 6.07) is 10.3. The predicted octanol–water partition coefficient (Wildman–Crippen LogP) is 3.79. The molecule has 1 saturated carbocycles. The van der Waals surface area contributed by atoms with E-state index in [1.165, 1.54) is 12.0 Å². The number of aryl methyl sites for hydroxylation is 2. The number of fused-ring (bicyclic) bond motifs is 1. The van der Waals surface area contributed by atoms with E-state index in [-0.39, 0.29) is 35.1 Å². The minimum atomic E-state index is -3.92. The maximum Gasteiger partial charge on any atom is 0.262 e. The summed E-state index contributed by atoms with van der Waals surface area (Å²) in [7, 11) is -2.43. The van der Waals surface area contributed by atoms with Crippen LogP contribution >= 0.6 is 0 Å². The summed E-state index contributed by atoms with van der Waals surface area (Å²) < 4.78 is 34.3. The highest BCUT2D eigenvalue weighted by Crippen LogP contribution is 2.39. The van der Waals surface area contributed by atoms with Gasteiger partial charge in [0.25, 0.3) is 10.0 Å². The fraction of sp³-hybridized carbons (Fsp3) is 0.417. The van der Waals surface area contributed by atoms with Gasteiger partial charge in [-0.2, -0.15) is 0 Å². The van der Waals surface area contributed by atoms with Crippen molar-refractivity contribution >= 4 is 27.5 Å². The average molecular weight is 457 g/mol. The second-order valence-corrected chi connectivity index (χ2v) is 10.3. The van der Waals surface area contributed by atoms with Crippen LogP contribution in [0.15, 0.2) is 41.3 Å². The zero-order valence-electron chi connectivity index (χ0n) is 18.6. The number of carbonyl (C=O) groups excluding carboxylic acids is 2. The number of nitrogens with one attached hydrogen (secondary N) is 1. The molecule has 1 aliphatic heterocycles. The van der Waals surface area contributed by atoms with Crippen LogP contribution < -0.4 is 9.46 Å². The van der Waals surface area contributed by atoms with E-state index in [0.717, 1.165) is 31.2 Å². The molecule has 1 aliphatic carbocycles. The number of likely N-dealkylation sites (tertiary alicyclic amines) is 1. The van der Waals surface area contributed by atoms with Gasteiger partial charge in [0.05, 0.1) is 36.1 Å². The fourth-order valence-electron chi connectivity index (χ4n) is 4.70. The molecule has 2 aromatic carbocycles. The first-order valence-corrected chi connectivity index (χ1v) is 12.3. The molecule has 1 N–H and O–H groups in total. The molecule has 2 aromatic rings. The van der Waals surface area contributed by atoms with Crippen LogP contribution in [0.5, 0.6) is 5.75 Å². The molecule has 0 radical (unpaired) electrons. The normalized spacial score (nSPS) is 20.9. The van der Waals surface area contributed by atoms with Gasteiger partial charge in [0.15, 0.2) is 0 Å². The summed E-state index contributed by atoms with van der Waals surface area (Å²) in [5, 5.41) is 0. The number of carbonyl (C=O) groups is 2. The molecule has 32 heavy (non-hydrogen) atoms. The Kier molecular flexibility index (Phi) is 5.99. The number of imide groups is 1. The number of methoxy groups -OCH3 is 1. The molecule has 170 valence electrons. The molecule has 1 heterocycles. The van der Waals surface area contributed by atoms with E-state index in [4.69, 9.17) is 4.74 Å². The Hall–Kier alpha value is -2.87. The first kappa shape index (κ1) is 22.3. The van der Waals surface area contributed by atoms with Crippen molar-refractivity contribution in [3.8, 4) is 5.75 Å². The molecule has 8 heteroatoms. The molecule has 0 aromatic heterocycles. The highest BCUT2D eigenvalue weighted by molar-refractivity contribution is 7.92. The molecule has 2 atom stereocenters. The molecule has 2 fully saturated rings. The van der Waals surface area contributed by atoms with Crippen LogP contribution in [0.4, 0.5) is 5.69 Å². The highest BCUT2D eigenvalue weighted by atomic mass is 32.2. The lowest BCUT2D eigenvalue weighted by molar-refractivity contribution is -0.140. The van der Waals surface area contributed by atoms with Crippen LogP contribution in [0, 0.1) is 25.7 Å². The average Bonchev–Trinajstić information content (AvgIpc) is 3.00. The number of rotatable bonds is 6. The summed E-state index contributed by atoms with van der Waals surface area (Å²) in [5.41, 5.74) is 2.42. The van der Waals surface area contributed by atoms with Crippen LogP contribution in [-0.2, 0) is 26.2 Å². The SMILES string of the molecule is COc1ccc(C)cc1NS(=O)(=O)c1cc(CN2C(=O)C3CCCCC3C2=O)ccc1C. The van der Waals surface area contributed by atoms with Crippen LogP contribution in [0.3, 0.4) is 0 Å². The van der Waals surface area contributed by atoms with E-state index < -0.39 is 10.0 Å². The number of benzene rings is 2. The maximum absolute atomic E-state index is 13.2. The number of anilines is 1. The maximum atomic E-state index is 13.2. The fourth-order valence-corrected chi connectivity index (χ4v) is 6.06. The Bertz CT molecular complexity index is 1150. The quantitative estimate of drug-likeness (QED) is 0.668. The first-order valence-electron chi connectivity index (χ1n) is 10.8. The zero-order chi connectivity index (χ0) is 23.0. The summed E-state index contributed by atoms with van der Waals surface area (Å²) in [6.07, 6.45) is 3.44. The Morgan fingerprint density at radius 2 is 1.66 bits per heavy atom. The molecule has 2 aliphatic rings. The topological polar surface area (TPSA) is 92.8 Å². The van der Waals surface area contributed by atoms with Crippen LogP contribution in [0.2, 0.25) is 0 Å². The van der Waals surface area contributed by atoms with Crippen molar-refractivity contribution in [2.24, 2.45) is 11.8 Å². The highest BCUT2D eigenvalue weighted by Gasteiger charge is 2.47. The van der Waals surface area contributed by atoms with E-state index in [9.17, 15) is 18.0 Å². The Labute approximate surface area is 188 Å². The van der Waals surface area contributed by atoms with Gasteiger partial charge in [-0.05, 0) is 61.6 Å². The molecular weight excluding hydrogens is 428 g/mol. The van der Waals surface area contributed by atoms with Gasteiger partial charge >= 0.3 is 0 Å². The second kappa shape index (κ2) is 8.58. The summed E-state index contributed by atoms with van der Waals surface area (Å²) in [6.45, 7) is 3.67. The van der Waals surface area contributed by atoms with Gasteiger partial charge in [-0.1, -0.05) is 31.0 Å². The van der Waals surface area contributed by atoms with Crippen molar-refractivity contribution in [1.82, 2.24) is 4.90 Å². The Morgan fingerprint density at radius 3 is 2.28 bits per heavy atom. The molecule has 1 saturated heterocycles.